The van der Waals surface area contributed by atoms with Crippen LogP contribution < -0.4 is 22.1 Å². The number of halogens is 1. The Morgan fingerprint density at radius 1 is 1.17 bits per heavy atom. The summed E-state index contributed by atoms with van der Waals surface area (Å²) in [6.07, 6.45) is 3.92. The van der Waals surface area contributed by atoms with Crippen LogP contribution in [-0.2, 0) is 13.1 Å². The molecule has 186 valence electrons. The van der Waals surface area contributed by atoms with Crippen molar-refractivity contribution in [2.24, 2.45) is 5.73 Å². The summed E-state index contributed by atoms with van der Waals surface area (Å²) in [5, 5.41) is 10.5. The predicted octanol–water partition coefficient (Wildman–Crippen LogP) is 3.93. The molecule has 36 heavy (non-hydrogen) atoms. The van der Waals surface area contributed by atoms with Crippen LogP contribution in [0.1, 0.15) is 33.5 Å². The number of fused-ring (bicyclic) bond motifs is 1. The number of nitrogen functional groups attached to an aromatic ring is 1. The van der Waals surface area contributed by atoms with E-state index in [-0.39, 0.29) is 5.91 Å². The molecular formula is C25H27BrN8O2. The van der Waals surface area contributed by atoms with Crippen LogP contribution in [0, 0.1) is 6.92 Å². The number of anilines is 3. The SMILES string of the molecule is CCn1nc(C)cc1C(=O)Nc1nc2cccc(Br)c2n1C/C=C/CNc1ccc(C(N)=O)cc1N. The first-order chi connectivity index (χ1) is 17.3. The maximum Gasteiger partial charge on any atom is 0.276 e. The number of aromatic nitrogens is 4. The zero-order chi connectivity index (χ0) is 25.8. The number of nitrogens with one attached hydrogen (secondary N) is 2. The van der Waals surface area contributed by atoms with Gasteiger partial charge in [0.1, 0.15) is 5.69 Å². The van der Waals surface area contributed by atoms with E-state index in [1.54, 1.807) is 28.9 Å². The Bertz CT molecular complexity index is 1470. The molecule has 0 bridgehead atoms. The van der Waals surface area contributed by atoms with Crippen LogP contribution in [0.25, 0.3) is 11.0 Å². The summed E-state index contributed by atoms with van der Waals surface area (Å²) < 4.78 is 4.47. The summed E-state index contributed by atoms with van der Waals surface area (Å²) >= 11 is 3.60. The van der Waals surface area contributed by atoms with E-state index in [9.17, 15) is 9.59 Å². The fourth-order valence-corrected chi connectivity index (χ4v) is 4.43. The second-order valence-corrected chi connectivity index (χ2v) is 8.97. The van der Waals surface area contributed by atoms with E-state index in [1.807, 2.05) is 48.8 Å². The Labute approximate surface area is 216 Å². The first-order valence-electron chi connectivity index (χ1n) is 11.4. The van der Waals surface area contributed by atoms with Crippen LogP contribution in [-0.4, -0.2) is 37.7 Å². The number of amides is 2. The third-order valence-electron chi connectivity index (χ3n) is 5.58. The number of rotatable bonds is 9. The highest BCUT2D eigenvalue weighted by molar-refractivity contribution is 9.10. The number of hydrogen-bond acceptors (Lipinski definition) is 6. The molecule has 0 unspecified atom stereocenters. The lowest BCUT2D eigenvalue weighted by atomic mass is 10.1. The van der Waals surface area contributed by atoms with Crippen molar-refractivity contribution in [2.75, 3.05) is 22.9 Å². The maximum atomic E-state index is 13.0. The molecule has 0 aliphatic heterocycles. The molecule has 0 saturated heterocycles. The van der Waals surface area contributed by atoms with Gasteiger partial charge in [-0.3, -0.25) is 19.6 Å². The van der Waals surface area contributed by atoms with Gasteiger partial charge in [0, 0.05) is 29.7 Å². The van der Waals surface area contributed by atoms with Crippen LogP contribution in [0.2, 0.25) is 0 Å². The number of nitrogens with two attached hydrogens (primary N) is 2. The molecule has 0 aliphatic carbocycles. The van der Waals surface area contributed by atoms with Crippen molar-refractivity contribution in [2.45, 2.75) is 26.9 Å². The van der Waals surface area contributed by atoms with E-state index in [4.69, 9.17) is 11.5 Å². The van der Waals surface area contributed by atoms with E-state index in [0.717, 1.165) is 21.2 Å². The van der Waals surface area contributed by atoms with Crippen LogP contribution >= 0.6 is 15.9 Å². The summed E-state index contributed by atoms with van der Waals surface area (Å²) in [4.78, 5) is 29.0. The monoisotopic (exact) mass is 550 g/mol. The number of primary amides is 1. The van der Waals surface area contributed by atoms with Crippen LogP contribution in [0.5, 0.6) is 0 Å². The minimum absolute atomic E-state index is 0.273. The highest BCUT2D eigenvalue weighted by Crippen LogP contribution is 2.27. The fraction of sp³-hybridized carbons (Fsp3) is 0.200. The van der Waals surface area contributed by atoms with Crippen LogP contribution in [0.4, 0.5) is 17.3 Å². The molecule has 11 heteroatoms. The van der Waals surface area contributed by atoms with Crippen molar-refractivity contribution >= 4 is 56.1 Å². The third-order valence-corrected chi connectivity index (χ3v) is 6.22. The lowest BCUT2D eigenvalue weighted by molar-refractivity contribution is 0.0996. The van der Waals surface area contributed by atoms with E-state index in [1.165, 1.54) is 0 Å². The molecular weight excluding hydrogens is 524 g/mol. The van der Waals surface area contributed by atoms with Crippen LogP contribution in [0.3, 0.4) is 0 Å². The zero-order valence-corrected chi connectivity index (χ0v) is 21.5. The van der Waals surface area contributed by atoms with Crippen molar-refractivity contribution < 1.29 is 9.59 Å². The normalized spacial score (nSPS) is 11.3. The molecule has 6 N–H and O–H groups in total. The average molecular weight is 551 g/mol. The standard InChI is InChI=1S/C25H27BrN8O2/c1-3-34-21(13-15(2)32-34)24(36)31-25-30-20-8-6-7-17(26)22(20)33(25)12-5-4-11-29-19-10-9-16(23(28)35)14-18(19)27/h4-10,13-14,29H,3,11-12,27H2,1-2H3,(H2,28,35)(H,30,31,36)/b5-4+. The number of allylic oxidation sites excluding steroid dienone is 1. The summed E-state index contributed by atoms with van der Waals surface area (Å²) in [6, 6.07) is 12.4. The van der Waals surface area contributed by atoms with E-state index in [0.29, 0.717) is 48.2 Å². The van der Waals surface area contributed by atoms with Gasteiger partial charge in [0.15, 0.2) is 0 Å². The van der Waals surface area contributed by atoms with E-state index < -0.39 is 5.91 Å². The lowest BCUT2D eigenvalue weighted by Crippen LogP contribution is -2.19. The smallest absolute Gasteiger partial charge is 0.276 e. The molecule has 2 heterocycles. The highest BCUT2D eigenvalue weighted by atomic mass is 79.9. The molecule has 0 fully saturated rings. The van der Waals surface area contributed by atoms with Gasteiger partial charge in [0.25, 0.3) is 5.91 Å². The van der Waals surface area contributed by atoms with Gasteiger partial charge in [-0.1, -0.05) is 18.2 Å². The van der Waals surface area contributed by atoms with Crippen LogP contribution in [0.15, 0.2) is 59.1 Å². The number of imidazole rings is 1. The van der Waals surface area contributed by atoms with Gasteiger partial charge in [-0.2, -0.15) is 5.10 Å². The molecule has 0 spiro atoms. The van der Waals surface area contributed by atoms with Crippen molar-refractivity contribution in [1.82, 2.24) is 19.3 Å². The van der Waals surface area contributed by atoms with Gasteiger partial charge in [0.05, 0.1) is 28.1 Å². The minimum atomic E-state index is -0.524. The molecule has 0 atom stereocenters. The van der Waals surface area contributed by atoms with Crippen molar-refractivity contribution in [3.05, 3.63) is 76.0 Å². The van der Waals surface area contributed by atoms with Crippen molar-refractivity contribution in [3.8, 4) is 0 Å². The third kappa shape index (κ3) is 5.25. The summed E-state index contributed by atoms with van der Waals surface area (Å²) in [6.45, 7) is 5.36. The molecule has 4 rings (SSSR count). The predicted molar refractivity (Wildman–Crippen MR) is 145 cm³/mol. The molecule has 0 radical (unpaired) electrons. The number of benzene rings is 2. The number of carbonyl (C=O) groups excluding carboxylic acids is 2. The van der Waals surface area contributed by atoms with Crippen molar-refractivity contribution in [3.63, 3.8) is 0 Å². The first kappa shape index (κ1) is 25.0. The average Bonchev–Trinajstić information content (AvgIpc) is 3.40. The Morgan fingerprint density at radius 3 is 2.69 bits per heavy atom. The molecule has 0 aliphatic rings. The van der Waals surface area contributed by atoms with Crippen molar-refractivity contribution in [1.29, 1.82) is 0 Å². The number of aryl methyl sites for hydroxylation is 2. The quantitative estimate of drug-likeness (QED) is 0.183. The molecule has 4 aromatic rings. The van der Waals surface area contributed by atoms with Gasteiger partial charge in [-0.25, -0.2) is 4.98 Å². The lowest BCUT2D eigenvalue weighted by Gasteiger charge is -2.10. The zero-order valence-electron chi connectivity index (χ0n) is 20.0. The molecule has 0 saturated carbocycles. The van der Waals surface area contributed by atoms with Gasteiger partial charge < -0.3 is 21.4 Å². The van der Waals surface area contributed by atoms with Gasteiger partial charge in [-0.05, 0) is 66.2 Å². The summed E-state index contributed by atoms with van der Waals surface area (Å²) in [5.41, 5.74) is 15.7. The Balaban J connectivity index is 1.52. The molecule has 10 nitrogen and oxygen atoms in total. The van der Waals surface area contributed by atoms with E-state index >= 15 is 0 Å². The first-order valence-corrected chi connectivity index (χ1v) is 12.2. The fourth-order valence-electron chi connectivity index (χ4n) is 3.86. The Morgan fingerprint density at radius 2 is 1.97 bits per heavy atom. The molecule has 2 amide bonds. The highest BCUT2D eigenvalue weighted by Gasteiger charge is 2.18. The number of hydrogen-bond donors (Lipinski definition) is 4. The second-order valence-electron chi connectivity index (χ2n) is 8.11. The second kappa shape index (κ2) is 10.6. The topological polar surface area (TPSA) is 146 Å². The number of para-hydroxylation sites is 1. The molecule has 2 aromatic carbocycles. The summed E-state index contributed by atoms with van der Waals surface area (Å²) in [7, 11) is 0. The molecule has 2 aromatic heterocycles. The van der Waals surface area contributed by atoms with Gasteiger partial charge in [0.2, 0.25) is 11.9 Å². The largest absolute Gasteiger partial charge is 0.397 e. The number of nitrogens with zero attached hydrogens (tertiary/aromatic N) is 4. The van der Waals surface area contributed by atoms with Gasteiger partial charge in [-0.15, -0.1) is 0 Å². The minimum Gasteiger partial charge on any atom is -0.397 e. The Kier molecular flexibility index (Phi) is 7.39. The van der Waals surface area contributed by atoms with Gasteiger partial charge >= 0.3 is 0 Å². The summed E-state index contributed by atoms with van der Waals surface area (Å²) in [5.74, 6) is -0.359. The van der Waals surface area contributed by atoms with E-state index in [2.05, 4.69) is 36.6 Å². The maximum absolute atomic E-state index is 13.0. The number of carbonyl (C=O) groups is 2. The Hall–Kier alpha value is -4.12.